The Hall–Kier alpha value is -1.48. The van der Waals surface area contributed by atoms with Crippen LogP contribution in [0.1, 0.15) is 36.9 Å². The molecule has 0 unspecified atom stereocenters. The third-order valence-corrected chi connectivity index (χ3v) is 3.85. The van der Waals surface area contributed by atoms with E-state index in [1.165, 1.54) is 18.4 Å². The Morgan fingerprint density at radius 1 is 1.17 bits per heavy atom. The van der Waals surface area contributed by atoms with Gasteiger partial charge in [-0.3, -0.25) is 0 Å². The number of aromatic nitrogens is 1. The molecular formula is C14H15ClN2O. The molecule has 94 valence electrons. The Morgan fingerprint density at radius 3 is 2.83 bits per heavy atom. The number of nitrogens with one attached hydrogen (secondary N) is 1. The number of H-pyrrole nitrogens is 1. The minimum absolute atomic E-state index is 0.744. The van der Waals surface area contributed by atoms with Gasteiger partial charge in [-0.2, -0.15) is 0 Å². The van der Waals surface area contributed by atoms with E-state index < -0.39 is 0 Å². The first-order valence-electron chi connectivity index (χ1n) is 6.31. The lowest BCUT2D eigenvalue weighted by Crippen LogP contribution is -2.08. The predicted octanol–water partition coefficient (Wildman–Crippen LogP) is 4.12. The van der Waals surface area contributed by atoms with Gasteiger partial charge in [0.1, 0.15) is 5.71 Å². The zero-order valence-corrected chi connectivity index (χ0v) is 10.8. The fraction of sp³-hybridized carbons (Fsp3) is 0.357. The van der Waals surface area contributed by atoms with Gasteiger partial charge in [0, 0.05) is 15.9 Å². The van der Waals surface area contributed by atoms with Gasteiger partial charge in [0.05, 0.1) is 5.69 Å². The fourth-order valence-corrected chi connectivity index (χ4v) is 2.89. The summed E-state index contributed by atoms with van der Waals surface area (Å²) in [5, 5.41) is 14.5. The number of rotatable bonds is 0. The lowest BCUT2D eigenvalue weighted by atomic mass is 9.95. The normalized spacial score (nSPS) is 18.6. The van der Waals surface area contributed by atoms with Crippen LogP contribution in [0.4, 0.5) is 0 Å². The van der Waals surface area contributed by atoms with Gasteiger partial charge in [-0.15, -0.1) is 0 Å². The van der Waals surface area contributed by atoms with Crippen molar-refractivity contribution in [2.24, 2.45) is 5.16 Å². The molecule has 1 aliphatic carbocycles. The second-order valence-corrected chi connectivity index (χ2v) is 5.21. The second kappa shape index (κ2) is 4.65. The maximum Gasteiger partial charge on any atom is 0.103 e. The first-order chi connectivity index (χ1) is 8.79. The standard InChI is InChI=1S/C14H15ClN2O/c15-9-6-7-12-11(8-9)10-4-2-1-3-5-13(17-18)14(10)16-12/h6-8,16,18H,1-5H2/b17-13+. The number of aryl methyl sites for hydroxylation is 1. The van der Waals surface area contributed by atoms with E-state index in [9.17, 15) is 5.21 Å². The minimum atomic E-state index is 0.744. The number of nitrogens with zero attached hydrogens (tertiary/aromatic N) is 1. The van der Waals surface area contributed by atoms with E-state index in [2.05, 4.69) is 10.1 Å². The van der Waals surface area contributed by atoms with Crippen molar-refractivity contribution in [1.29, 1.82) is 0 Å². The van der Waals surface area contributed by atoms with E-state index in [0.29, 0.717) is 0 Å². The smallest absolute Gasteiger partial charge is 0.103 e. The molecule has 0 fully saturated rings. The lowest BCUT2D eigenvalue weighted by Gasteiger charge is -2.10. The summed E-state index contributed by atoms with van der Waals surface area (Å²) in [6.07, 6.45) is 5.25. The van der Waals surface area contributed by atoms with Gasteiger partial charge in [0.25, 0.3) is 0 Å². The van der Waals surface area contributed by atoms with Crippen molar-refractivity contribution in [3.8, 4) is 0 Å². The average Bonchev–Trinajstić information content (AvgIpc) is 2.67. The van der Waals surface area contributed by atoms with Crippen LogP contribution in [0, 0.1) is 0 Å². The molecule has 0 saturated heterocycles. The molecule has 2 N–H and O–H groups in total. The SMILES string of the molecule is O/N=C1\CCCCCc2c1[nH]c1ccc(Cl)cc21. The summed E-state index contributed by atoms with van der Waals surface area (Å²) >= 11 is 6.07. The van der Waals surface area contributed by atoms with Crippen molar-refractivity contribution in [3.63, 3.8) is 0 Å². The van der Waals surface area contributed by atoms with Crippen molar-refractivity contribution < 1.29 is 5.21 Å². The van der Waals surface area contributed by atoms with Gasteiger partial charge in [0.2, 0.25) is 0 Å². The molecule has 2 aromatic rings. The van der Waals surface area contributed by atoms with E-state index in [1.807, 2.05) is 18.2 Å². The first-order valence-corrected chi connectivity index (χ1v) is 6.69. The molecule has 1 aliphatic rings. The molecule has 1 heterocycles. The van der Waals surface area contributed by atoms with Crippen LogP contribution in [-0.2, 0) is 6.42 Å². The Bertz CT molecular complexity index is 616. The Morgan fingerprint density at radius 2 is 2.00 bits per heavy atom. The number of hydrogen-bond donors (Lipinski definition) is 2. The largest absolute Gasteiger partial charge is 0.411 e. The molecule has 18 heavy (non-hydrogen) atoms. The minimum Gasteiger partial charge on any atom is -0.411 e. The molecule has 1 aromatic carbocycles. The van der Waals surface area contributed by atoms with Gasteiger partial charge in [-0.05, 0) is 49.4 Å². The predicted molar refractivity (Wildman–Crippen MR) is 73.8 cm³/mol. The summed E-state index contributed by atoms with van der Waals surface area (Å²) in [5.41, 5.74) is 4.04. The summed E-state index contributed by atoms with van der Waals surface area (Å²) in [6, 6.07) is 5.85. The number of aromatic amines is 1. The number of oxime groups is 1. The summed E-state index contributed by atoms with van der Waals surface area (Å²) in [4.78, 5) is 3.36. The van der Waals surface area contributed by atoms with E-state index in [4.69, 9.17) is 11.6 Å². The van der Waals surface area contributed by atoms with Crippen LogP contribution in [-0.4, -0.2) is 15.9 Å². The third-order valence-electron chi connectivity index (χ3n) is 3.62. The summed E-state index contributed by atoms with van der Waals surface area (Å²) < 4.78 is 0. The summed E-state index contributed by atoms with van der Waals surface area (Å²) in [5.74, 6) is 0. The first kappa shape index (κ1) is 11.6. The summed E-state index contributed by atoms with van der Waals surface area (Å²) in [6.45, 7) is 0. The van der Waals surface area contributed by atoms with Crippen molar-refractivity contribution in [2.75, 3.05) is 0 Å². The maximum absolute atomic E-state index is 9.18. The van der Waals surface area contributed by atoms with E-state index >= 15 is 0 Å². The fourth-order valence-electron chi connectivity index (χ4n) is 2.72. The van der Waals surface area contributed by atoms with Crippen LogP contribution in [0.15, 0.2) is 23.4 Å². The van der Waals surface area contributed by atoms with Gasteiger partial charge < -0.3 is 10.2 Å². The second-order valence-electron chi connectivity index (χ2n) is 4.78. The highest BCUT2D eigenvalue weighted by Crippen LogP contribution is 2.30. The number of hydrogen-bond acceptors (Lipinski definition) is 2. The van der Waals surface area contributed by atoms with Crippen molar-refractivity contribution in [3.05, 3.63) is 34.5 Å². The van der Waals surface area contributed by atoms with Crippen LogP contribution in [0.3, 0.4) is 0 Å². The number of fused-ring (bicyclic) bond motifs is 3. The quantitative estimate of drug-likeness (QED) is 0.545. The van der Waals surface area contributed by atoms with Gasteiger partial charge >= 0.3 is 0 Å². The highest BCUT2D eigenvalue weighted by Gasteiger charge is 2.18. The molecule has 0 atom stereocenters. The van der Waals surface area contributed by atoms with E-state index in [-0.39, 0.29) is 0 Å². The molecule has 0 bridgehead atoms. The zero-order valence-electron chi connectivity index (χ0n) is 10.0. The highest BCUT2D eigenvalue weighted by molar-refractivity contribution is 6.31. The highest BCUT2D eigenvalue weighted by atomic mass is 35.5. The molecule has 0 amide bonds. The zero-order chi connectivity index (χ0) is 12.5. The van der Waals surface area contributed by atoms with Crippen LogP contribution >= 0.6 is 11.6 Å². The molecule has 0 saturated carbocycles. The Kier molecular flexibility index (Phi) is 3.00. The molecular weight excluding hydrogens is 248 g/mol. The molecule has 1 aromatic heterocycles. The molecule has 0 spiro atoms. The molecule has 0 aliphatic heterocycles. The van der Waals surface area contributed by atoms with Crippen molar-refractivity contribution in [1.82, 2.24) is 4.98 Å². The maximum atomic E-state index is 9.18. The van der Waals surface area contributed by atoms with Crippen LogP contribution in [0.5, 0.6) is 0 Å². The van der Waals surface area contributed by atoms with E-state index in [1.54, 1.807) is 0 Å². The topological polar surface area (TPSA) is 48.4 Å². The number of halogens is 1. The van der Waals surface area contributed by atoms with Gasteiger partial charge in [0.15, 0.2) is 0 Å². The summed E-state index contributed by atoms with van der Waals surface area (Å²) in [7, 11) is 0. The van der Waals surface area contributed by atoms with Crippen LogP contribution in [0.25, 0.3) is 10.9 Å². The molecule has 3 nitrogen and oxygen atoms in total. The Balaban J connectivity index is 2.25. The molecule has 4 heteroatoms. The Labute approximate surface area is 110 Å². The van der Waals surface area contributed by atoms with E-state index in [0.717, 1.165) is 46.6 Å². The van der Waals surface area contributed by atoms with Gasteiger partial charge in [-0.1, -0.05) is 23.2 Å². The van der Waals surface area contributed by atoms with Crippen LogP contribution in [0.2, 0.25) is 5.02 Å². The average molecular weight is 263 g/mol. The molecule has 3 rings (SSSR count). The van der Waals surface area contributed by atoms with Gasteiger partial charge in [-0.25, -0.2) is 0 Å². The monoisotopic (exact) mass is 262 g/mol. The molecule has 0 radical (unpaired) electrons. The lowest BCUT2D eigenvalue weighted by molar-refractivity contribution is 0.317. The van der Waals surface area contributed by atoms with Crippen molar-refractivity contribution in [2.45, 2.75) is 32.1 Å². The number of benzene rings is 1. The third kappa shape index (κ3) is 1.89. The van der Waals surface area contributed by atoms with Crippen molar-refractivity contribution >= 4 is 28.2 Å². The van der Waals surface area contributed by atoms with Crippen LogP contribution < -0.4 is 0 Å².